The third kappa shape index (κ3) is 5.65. The summed E-state index contributed by atoms with van der Waals surface area (Å²) >= 11 is 0. The lowest BCUT2D eigenvalue weighted by atomic mass is 10.0. The highest BCUT2D eigenvalue weighted by molar-refractivity contribution is 5.79. The van der Waals surface area contributed by atoms with Crippen LogP contribution in [0.15, 0.2) is 54.6 Å². The summed E-state index contributed by atoms with van der Waals surface area (Å²) < 4.78 is 5.26. The van der Waals surface area contributed by atoms with Gasteiger partial charge in [0, 0.05) is 63.5 Å². The summed E-state index contributed by atoms with van der Waals surface area (Å²) in [4.78, 5) is 32.8. The maximum atomic E-state index is 13.3. The van der Waals surface area contributed by atoms with E-state index < -0.39 is 0 Å². The lowest BCUT2D eigenvalue weighted by molar-refractivity contribution is -0.131. The number of para-hydroxylation sites is 1. The Bertz CT molecular complexity index is 1270. The van der Waals surface area contributed by atoms with Gasteiger partial charge in [0.1, 0.15) is 11.6 Å². The molecule has 3 aromatic rings. The molecule has 0 spiro atoms. The van der Waals surface area contributed by atoms with E-state index in [4.69, 9.17) is 14.7 Å². The van der Waals surface area contributed by atoms with E-state index in [1.807, 2.05) is 29.2 Å². The Hall–Kier alpha value is -3.81. The number of amides is 1. The molecule has 3 aliphatic heterocycles. The minimum Gasteiger partial charge on any atom is -0.497 e. The number of anilines is 3. The number of fused-ring (bicyclic) bond motifs is 1. The first-order valence-corrected chi connectivity index (χ1v) is 14.3. The van der Waals surface area contributed by atoms with Crippen LogP contribution in [0.4, 0.5) is 17.5 Å². The van der Waals surface area contributed by atoms with Gasteiger partial charge >= 0.3 is 0 Å². The largest absolute Gasteiger partial charge is 0.497 e. The number of nitrogens with zero attached hydrogens (tertiary/aromatic N) is 6. The lowest BCUT2D eigenvalue weighted by Gasteiger charge is -2.38. The van der Waals surface area contributed by atoms with Crippen molar-refractivity contribution >= 4 is 23.4 Å². The van der Waals surface area contributed by atoms with Crippen LogP contribution < -0.4 is 19.4 Å². The lowest BCUT2D eigenvalue weighted by Crippen LogP contribution is -2.47. The van der Waals surface area contributed by atoms with Gasteiger partial charge in [-0.2, -0.15) is 4.98 Å². The van der Waals surface area contributed by atoms with Gasteiger partial charge in [0.15, 0.2) is 0 Å². The van der Waals surface area contributed by atoms with Gasteiger partial charge in [-0.3, -0.25) is 4.79 Å². The van der Waals surface area contributed by atoms with Crippen molar-refractivity contribution in [1.29, 1.82) is 0 Å². The topological polar surface area (TPSA) is 65.0 Å². The van der Waals surface area contributed by atoms with Crippen LogP contribution in [-0.2, 0) is 24.2 Å². The Balaban J connectivity index is 1.20. The number of carbonyl (C=O) groups is 1. The Morgan fingerprint density at radius 2 is 1.51 bits per heavy atom. The molecule has 39 heavy (non-hydrogen) atoms. The van der Waals surface area contributed by atoms with E-state index in [9.17, 15) is 4.79 Å². The average Bonchev–Trinajstić information content (AvgIpc) is 3.01. The first-order chi connectivity index (χ1) is 19.2. The Labute approximate surface area is 231 Å². The highest BCUT2D eigenvalue weighted by Gasteiger charge is 2.30. The minimum atomic E-state index is 0.150. The Morgan fingerprint density at radius 3 is 2.23 bits per heavy atom. The quantitative estimate of drug-likeness (QED) is 0.482. The zero-order valence-corrected chi connectivity index (χ0v) is 22.9. The number of benzene rings is 2. The van der Waals surface area contributed by atoms with E-state index >= 15 is 0 Å². The van der Waals surface area contributed by atoms with Crippen LogP contribution in [0.3, 0.4) is 0 Å². The van der Waals surface area contributed by atoms with Gasteiger partial charge in [0.05, 0.1) is 25.8 Å². The molecule has 0 unspecified atom stereocenters. The second-order valence-corrected chi connectivity index (χ2v) is 10.7. The van der Waals surface area contributed by atoms with E-state index in [0.29, 0.717) is 19.5 Å². The van der Waals surface area contributed by atoms with Crippen molar-refractivity contribution in [3.63, 3.8) is 0 Å². The van der Waals surface area contributed by atoms with Crippen LogP contribution in [0, 0.1) is 0 Å². The standard InChI is InChI=1S/C31H38N6O2/c1-39-26-12-10-24(11-13-26)22-29(38)37-17-14-28-27(23-37)30(35-15-6-3-7-16-35)33-31(32-28)36-20-18-34(19-21-36)25-8-4-2-5-9-25/h2,4-5,8-13H,3,6-7,14-23H2,1H3. The third-order valence-corrected chi connectivity index (χ3v) is 8.23. The molecule has 0 bridgehead atoms. The number of rotatable bonds is 6. The molecular weight excluding hydrogens is 488 g/mol. The van der Waals surface area contributed by atoms with Gasteiger partial charge < -0.3 is 24.3 Å². The SMILES string of the molecule is COc1ccc(CC(=O)N2CCc3nc(N4CCN(c5ccccc5)CC4)nc(N4CCCCC4)c3C2)cc1. The first kappa shape index (κ1) is 25.5. The fraction of sp³-hybridized carbons (Fsp3) is 0.452. The van der Waals surface area contributed by atoms with Gasteiger partial charge in [0.2, 0.25) is 11.9 Å². The summed E-state index contributed by atoms with van der Waals surface area (Å²) in [6, 6.07) is 18.4. The number of hydrogen-bond donors (Lipinski definition) is 0. The molecular formula is C31H38N6O2. The van der Waals surface area contributed by atoms with Crippen LogP contribution in [0.5, 0.6) is 5.75 Å². The van der Waals surface area contributed by atoms with Crippen LogP contribution in [0.1, 0.15) is 36.1 Å². The number of hydrogen-bond acceptors (Lipinski definition) is 7. The van der Waals surface area contributed by atoms with E-state index in [1.54, 1.807) is 7.11 Å². The van der Waals surface area contributed by atoms with E-state index in [1.165, 1.54) is 24.9 Å². The molecule has 2 fully saturated rings. The van der Waals surface area contributed by atoms with Gasteiger partial charge in [-0.25, -0.2) is 4.98 Å². The molecule has 1 aromatic heterocycles. The smallest absolute Gasteiger partial charge is 0.227 e. The van der Waals surface area contributed by atoms with Crippen LogP contribution in [-0.4, -0.2) is 73.7 Å². The van der Waals surface area contributed by atoms with Crippen LogP contribution in [0.25, 0.3) is 0 Å². The van der Waals surface area contributed by atoms with Gasteiger partial charge in [-0.1, -0.05) is 30.3 Å². The predicted molar refractivity (Wildman–Crippen MR) is 155 cm³/mol. The molecule has 204 valence electrons. The zero-order valence-electron chi connectivity index (χ0n) is 22.9. The monoisotopic (exact) mass is 526 g/mol. The van der Waals surface area contributed by atoms with E-state index in [0.717, 1.165) is 80.0 Å². The number of carbonyl (C=O) groups excluding carboxylic acids is 1. The fourth-order valence-corrected chi connectivity index (χ4v) is 5.94. The number of methoxy groups -OCH3 is 1. The Morgan fingerprint density at radius 1 is 0.795 bits per heavy atom. The number of piperazine rings is 1. The molecule has 0 radical (unpaired) electrons. The maximum absolute atomic E-state index is 13.3. The summed E-state index contributed by atoms with van der Waals surface area (Å²) in [5.41, 5.74) is 4.53. The molecule has 0 N–H and O–H groups in total. The number of aromatic nitrogens is 2. The first-order valence-electron chi connectivity index (χ1n) is 14.3. The van der Waals surface area contributed by atoms with Crippen molar-refractivity contribution in [2.45, 2.75) is 38.6 Å². The minimum absolute atomic E-state index is 0.150. The molecule has 4 heterocycles. The summed E-state index contributed by atoms with van der Waals surface area (Å²) in [5, 5.41) is 0. The molecule has 3 aliphatic rings. The molecule has 6 rings (SSSR count). The second-order valence-electron chi connectivity index (χ2n) is 10.7. The van der Waals surface area contributed by atoms with E-state index in [-0.39, 0.29) is 5.91 Å². The molecule has 1 amide bonds. The number of ether oxygens (including phenoxy) is 1. The summed E-state index contributed by atoms with van der Waals surface area (Å²) in [6.45, 7) is 7.03. The highest BCUT2D eigenvalue weighted by atomic mass is 16.5. The zero-order chi connectivity index (χ0) is 26.6. The van der Waals surface area contributed by atoms with Gasteiger partial charge in [-0.15, -0.1) is 0 Å². The van der Waals surface area contributed by atoms with Crippen molar-refractivity contribution in [3.8, 4) is 5.75 Å². The molecule has 0 saturated carbocycles. The van der Waals surface area contributed by atoms with Crippen molar-refractivity contribution in [3.05, 3.63) is 71.4 Å². The summed E-state index contributed by atoms with van der Waals surface area (Å²) in [6.07, 6.45) is 4.80. The second kappa shape index (κ2) is 11.5. The average molecular weight is 527 g/mol. The number of piperidine rings is 1. The maximum Gasteiger partial charge on any atom is 0.227 e. The fourth-order valence-electron chi connectivity index (χ4n) is 5.94. The third-order valence-electron chi connectivity index (χ3n) is 8.23. The predicted octanol–water partition coefficient (Wildman–Crippen LogP) is 3.93. The molecule has 0 atom stereocenters. The summed E-state index contributed by atoms with van der Waals surface area (Å²) in [7, 11) is 1.66. The van der Waals surface area contributed by atoms with Crippen LogP contribution in [0.2, 0.25) is 0 Å². The van der Waals surface area contributed by atoms with Crippen LogP contribution >= 0.6 is 0 Å². The molecule has 2 aromatic carbocycles. The van der Waals surface area contributed by atoms with Gasteiger partial charge in [0.25, 0.3) is 0 Å². The van der Waals surface area contributed by atoms with Gasteiger partial charge in [-0.05, 0) is 49.1 Å². The highest BCUT2D eigenvalue weighted by Crippen LogP contribution is 2.31. The van der Waals surface area contributed by atoms with Crippen molar-refractivity contribution in [2.75, 3.05) is 67.6 Å². The molecule has 0 aliphatic carbocycles. The van der Waals surface area contributed by atoms with E-state index in [2.05, 4.69) is 45.0 Å². The summed E-state index contributed by atoms with van der Waals surface area (Å²) in [5.74, 6) is 2.84. The van der Waals surface area contributed by atoms with Crippen molar-refractivity contribution < 1.29 is 9.53 Å². The van der Waals surface area contributed by atoms with Crippen molar-refractivity contribution in [1.82, 2.24) is 14.9 Å². The Kier molecular flexibility index (Phi) is 7.52. The molecule has 8 nitrogen and oxygen atoms in total. The normalized spacial score (nSPS) is 17.7. The molecule has 2 saturated heterocycles. The molecule has 8 heteroatoms. The van der Waals surface area contributed by atoms with Crippen molar-refractivity contribution in [2.24, 2.45) is 0 Å².